The van der Waals surface area contributed by atoms with Gasteiger partial charge in [0.25, 0.3) is 0 Å². The second kappa shape index (κ2) is 9.71. The Morgan fingerprint density at radius 2 is 1.90 bits per heavy atom. The summed E-state index contributed by atoms with van der Waals surface area (Å²) in [6, 6.07) is 12.8. The Hall–Kier alpha value is -2.56. The first-order valence-electron chi connectivity index (χ1n) is 9.50. The molecule has 1 heterocycles. The highest BCUT2D eigenvalue weighted by atomic mass is 32.2. The van der Waals surface area contributed by atoms with Gasteiger partial charge in [-0.3, -0.25) is 4.79 Å². The molecule has 0 radical (unpaired) electrons. The highest BCUT2D eigenvalue weighted by Gasteiger charge is 2.38. The summed E-state index contributed by atoms with van der Waals surface area (Å²) in [7, 11) is -1.96. The van der Waals surface area contributed by atoms with Crippen molar-refractivity contribution >= 4 is 33.7 Å². The van der Waals surface area contributed by atoms with Crippen LogP contribution < -0.4 is 10.1 Å². The molecule has 2 aromatic carbocycles. The number of thioether (sulfide) groups is 1. The molecular weight excluding hydrogens is 440 g/mol. The van der Waals surface area contributed by atoms with Crippen LogP contribution in [0.3, 0.4) is 0 Å². The summed E-state index contributed by atoms with van der Waals surface area (Å²) in [5.74, 6) is -0.583. The van der Waals surface area contributed by atoms with E-state index in [1.807, 2.05) is 36.4 Å². The fourth-order valence-electron chi connectivity index (χ4n) is 3.37. The number of aliphatic carboxylic acids is 1. The summed E-state index contributed by atoms with van der Waals surface area (Å²) in [5, 5.41) is 12.1. The third kappa shape index (κ3) is 5.57. The van der Waals surface area contributed by atoms with Gasteiger partial charge >= 0.3 is 5.97 Å². The van der Waals surface area contributed by atoms with Gasteiger partial charge in [0.05, 0.1) is 19.2 Å². The van der Waals surface area contributed by atoms with Crippen molar-refractivity contribution in [2.24, 2.45) is 0 Å². The molecular formula is C21H24N2O6S2. The fraction of sp³-hybridized carbons (Fsp3) is 0.333. The maximum Gasteiger partial charge on any atom is 0.326 e. The summed E-state index contributed by atoms with van der Waals surface area (Å²) < 4.78 is 30.2. The van der Waals surface area contributed by atoms with Crippen LogP contribution in [0.4, 0.5) is 0 Å². The molecule has 3 rings (SSSR count). The molecule has 0 bridgehead atoms. The van der Waals surface area contributed by atoms with E-state index in [1.54, 1.807) is 19.2 Å². The van der Waals surface area contributed by atoms with E-state index in [9.17, 15) is 23.1 Å². The van der Waals surface area contributed by atoms with Crippen molar-refractivity contribution < 1.29 is 27.9 Å². The molecule has 10 heteroatoms. The number of nitrogens with zero attached hydrogens (tertiary/aromatic N) is 1. The number of para-hydroxylation sites is 1. The smallest absolute Gasteiger partial charge is 0.326 e. The Labute approximate surface area is 185 Å². The van der Waals surface area contributed by atoms with E-state index >= 15 is 0 Å². The predicted molar refractivity (Wildman–Crippen MR) is 119 cm³/mol. The number of hydrogen-bond donors (Lipinski definition) is 2. The molecule has 1 aliphatic rings. The number of carbonyl (C=O) groups excluding carboxylic acids is 1. The fourth-order valence-corrected chi connectivity index (χ4v) is 6.10. The van der Waals surface area contributed by atoms with Crippen molar-refractivity contribution in [3.63, 3.8) is 0 Å². The average molecular weight is 465 g/mol. The van der Waals surface area contributed by atoms with Gasteiger partial charge in [-0.2, -0.15) is 4.31 Å². The lowest BCUT2D eigenvalue weighted by atomic mass is 10.00. The van der Waals surface area contributed by atoms with Crippen LogP contribution in [-0.2, 0) is 26.0 Å². The Morgan fingerprint density at radius 3 is 2.52 bits per heavy atom. The van der Waals surface area contributed by atoms with Gasteiger partial charge in [0.15, 0.2) is 0 Å². The lowest BCUT2D eigenvalue weighted by molar-refractivity contribution is -0.142. The number of carboxylic acids is 1. The maximum absolute atomic E-state index is 12.6. The third-order valence-corrected chi connectivity index (χ3v) is 7.41. The van der Waals surface area contributed by atoms with Gasteiger partial charge in [0.2, 0.25) is 15.9 Å². The van der Waals surface area contributed by atoms with E-state index in [-0.39, 0.29) is 12.3 Å². The lowest BCUT2D eigenvalue weighted by Gasteiger charge is -2.23. The van der Waals surface area contributed by atoms with Crippen LogP contribution in [0, 0.1) is 0 Å². The van der Waals surface area contributed by atoms with Gasteiger partial charge in [-0.05, 0) is 17.2 Å². The quantitative estimate of drug-likeness (QED) is 0.613. The van der Waals surface area contributed by atoms with Gasteiger partial charge in [0, 0.05) is 17.7 Å². The number of nitrogens with one attached hydrogen (secondary N) is 1. The molecule has 31 heavy (non-hydrogen) atoms. The Kier molecular flexibility index (Phi) is 7.24. The van der Waals surface area contributed by atoms with E-state index in [4.69, 9.17) is 4.74 Å². The number of amides is 1. The zero-order chi connectivity index (χ0) is 22.6. The van der Waals surface area contributed by atoms with Crippen LogP contribution in [0.15, 0.2) is 48.5 Å². The van der Waals surface area contributed by atoms with Crippen LogP contribution in [-0.4, -0.2) is 66.8 Å². The molecule has 8 nitrogen and oxygen atoms in total. The monoisotopic (exact) mass is 464 g/mol. The van der Waals surface area contributed by atoms with E-state index in [2.05, 4.69) is 5.32 Å². The van der Waals surface area contributed by atoms with Gasteiger partial charge in [-0.15, -0.1) is 11.8 Å². The molecule has 0 spiro atoms. The summed E-state index contributed by atoms with van der Waals surface area (Å²) in [6.07, 6.45) is 1.11. The molecule has 1 saturated heterocycles. The molecule has 2 N–H and O–H groups in total. The average Bonchev–Trinajstić information content (AvgIpc) is 3.24. The molecule has 1 fully saturated rings. The van der Waals surface area contributed by atoms with Crippen molar-refractivity contribution in [2.45, 2.75) is 18.5 Å². The summed E-state index contributed by atoms with van der Waals surface area (Å²) in [6.45, 7) is 0. The second-order valence-corrected chi connectivity index (χ2v) is 10.1. The number of rotatable bonds is 8. The number of hydrogen-bond acceptors (Lipinski definition) is 6. The highest BCUT2D eigenvalue weighted by Crippen LogP contribution is 2.29. The first-order chi connectivity index (χ1) is 14.7. The third-order valence-electron chi connectivity index (χ3n) is 5.00. The number of ether oxygens (including phenoxy) is 1. The van der Waals surface area contributed by atoms with Crippen LogP contribution >= 0.6 is 11.8 Å². The van der Waals surface area contributed by atoms with Crippen LogP contribution in [0.2, 0.25) is 0 Å². The zero-order valence-electron chi connectivity index (χ0n) is 17.1. The summed E-state index contributed by atoms with van der Waals surface area (Å²) >= 11 is 1.32. The van der Waals surface area contributed by atoms with Gasteiger partial charge in [0.1, 0.15) is 17.8 Å². The molecule has 166 valence electrons. The molecule has 1 aliphatic heterocycles. The lowest BCUT2D eigenvalue weighted by Crippen LogP contribution is -2.52. The number of methoxy groups -OCH3 is 1. The van der Waals surface area contributed by atoms with Gasteiger partial charge in [-0.1, -0.05) is 42.5 Å². The van der Waals surface area contributed by atoms with Crippen molar-refractivity contribution in [1.82, 2.24) is 9.62 Å². The minimum Gasteiger partial charge on any atom is -0.496 e. The topological polar surface area (TPSA) is 113 Å². The summed E-state index contributed by atoms with van der Waals surface area (Å²) in [5.41, 5.74) is 2.57. The molecule has 2 aromatic rings. The Bertz CT molecular complexity index is 1060. The normalized spacial score (nSPS) is 17.8. The van der Waals surface area contributed by atoms with Gasteiger partial charge < -0.3 is 15.2 Å². The number of benzene rings is 2. The largest absolute Gasteiger partial charge is 0.496 e. The van der Waals surface area contributed by atoms with Gasteiger partial charge in [-0.25, -0.2) is 13.2 Å². The zero-order valence-corrected chi connectivity index (χ0v) is 18.8. The maximum atomic E-state index is 12.6. The van der Waals surface area contributed by atoms with Crippen molar-refractivity contribution in [2.75, 3.05) is 25.0 Å². The highest BCUT2D eigenvalue weighted by molar-refractivity contribution is 8.00. The first kappa shape index (κ1) is 23.1. The van der Waals surface area contributed by atoms with Crippen molar-refractivity contribution in [3.05, 3.63) is 54.1 Å². The Morgan fingerprint density at radius 1 is 1.23 bits per heavy atom. The summed E-state index contributed by atoms with van der Waals surface area (Å²) in [4.78, 5) is 24.3. The molecule has 0 unspecified atom stereocenters. The van der Waals surface area contributed by atoms with E-state index < -0.39 is 34.0 Å². The SMILES string of the molecule is COc1ccccc1-c1ccc(C[C@H](NC(=O)[C@H]2CSCN2S(C)(=O)=O)C(=O)O)cc1. The minimum atomic E-state index is -3.55. The van der Waals surface area contributed by atoms with Crippen LogP contribution in [0.5, 0.6) is 5.75 Å². The van der Waals surface area contributed by atoms with E-state index in [0.717, 1.165) is 33.0 Å². The van der Waals surface area contributed by atoms with E-state index in [1.165, 1.54) is 11.8 Å². The molecule has 2 atom stereocenters. The number of carboxylic acid groups (broad SMARTS) is 1. The molecule has 1 amide bonds. The number of carbonyl (C=O) groups is 2. The first-order valence-corrected chi connectivity index (χ1v) is 12.5. The van der Waals surface area contributed by atoms with Crippen LogP contribution in [0.1, 0.15) is 5.56 Å². The van der Waals surface area contributed by atoms with Crippen LogP contribution in [0.25, 0.3) is 11.1 Å². The Balaban J connectivity index is 1.72. The standard InChI is InChI=1S/C21H24N2O6S2/c1-29-19-6-4-3-5-16(19)15-9-7-14(8-10-15)11-17(21(25)26)22-20(24)18-12-30-13-23(18)31(2,27)28/h3-10,17-18H,11-13H2,1-2H3,(H,22,24)(H,25,26)/t17-,18+/m0/s1. The minimum absolute atomic E-state index is 0.0754. The van der Waals surface area contributed by atoms with Crippen molar-refractivity contribution in [3.8, 4) is 16.9 Å². The second-order valence-electron chi connectivity index (χ2n) is 7.17. The molecule has 0 aliphatic carbocycles. The molecule has 0 saturated carbocycles. The predicted octanol–water partition coefficient (Wildman–Crippen LogP) is 1.81. The number of sulfonamides is 1. The van der Waals surface area contributed by atoms with E-state index in [0.29, 0.717) is 5.75 Å². The molecule has 0 aromatic heterocycles. The van der Waals surface area contributed by atoms with Crippen molar-refractivity contribution in [1.29, 1.82) is 0 Å².